The molecule has 2 aromatic carbocycles. The fourth-order valence-electron chi connectivity index (χ4n) is 3.44. The second-order valence-corrected chi connectivity index (χ2v) is 7.55. The van der Waals surface area contributed by atoms with Gasteiger partial charge in [-0.3, -0.25) is 14.6 Å². The number of aromatic nitrogens is 3. The van der Waals surface area contributed by atoms with Crippen LogP contribution < -0.4 is 15.1 Å². The second kappa shape index (κ2) is 7.41. The number of carbonyl (C=O) groups excluding carboxylic acids is 1. The average Bonchev–Trinajstić information content (AvgIpc) is 2.72. The molecular weight excluding hydrogens is 396 g/mol. The number of hydrogen-bond donors (Lipinski definition) is 1. The molecule has 8 heteroatoms. The lowest BCUT2D eigenvalue weighted by Gasteiger charge is -2.32. The van der Waals surface area contributed by atoms with Crippen molar-refractivity contribution < 1.29 is 9.48 Å². The minimum Gasteiger partial charge on any atom is -0.291 e. The number of aromatic amines is 1. The largest absolute Gasteiger partial charge is 0.325 e. The van der Waals surface area contributed by atoms with E-state index in [9.17, 15) is 9.59 Å². The Balaban J connectivity index is 2.08. The minimum absolute atomic E-state index is 0.0571. The van der Waals surface area contributed by atoms with Crippen LogP contribution in [-0.4, -0.2) is 22.2 Å². The first-order valence-electron chi connectivity index (χ1n) is 8.82. The topological polar surface area (TPSA) is 69.9 Å². The van der Waals surface area contributed by atoms with Gasteiger partial charge in [-0.05, 0) is 47.3 Å². The van der Waals surface area contributed by atoms with Crippen LogP contribution in [0.25, 0.3) is 11.3 Å². The number of fused-ring (bicyclic) bond motifs is 3. The van der Waals surface area contributed by atoms with Crippen LogP contribution in [0.4, 0.5) is 5.69 Å². The number of H-pyrrole nitrogens is 1. The van der Waals surface area contributed by atoms with Crippen molar-refractivity contribution in [1.82, 2.24) is 10.1 Å². The van der Waals surface area contributed by atoms with Crippen LogP contribution in [0, 0.1) is 0 Å². The first kappa shape index (κ1) is 18.7. The lowest BCUT2D eigenvalue weighted by atomic mass is 10.0. The molecule has 0 saturated carbocycles. The molecular formula is C20H18ClN4O2S+. The number of halogens is 1. The van der Waals surface area contributed by atoms with Crippen LogP contribution in [0.2, 0.25) is 5.02 Å². The summed E-state index contributed by atoms with van der Waals surface area (Å²) in [5.74, 6) is -0.0571. The highest BCUT2D eigenvalue weighted by Crippen LogP contribution is 2.37. The zero-order valence-electron chi connectivity index (χ0n) is 15.3. The summed E-state index contributed by atoms with van der Waals surface area (Å²) in [6, 6.07) is 14.7. The number of thioether (sulfide) groups is 1. The van der Waals surface area contributed by atoms with Crippen molar-refractivity contribution in [3.63, 3.8) is 0 Å². The normalized spacial score (nSPS) is 15.1. The van der Waals surface area contributed by atoms with E-state index in [4.69, 9.17) is 11.6 Å². The van der Waals surface area contributed by atoms with E-state index < -0.39 is 6.17 Å². The molecule has 0 radical (unpaired) electrons. The number of carbonyl (C=O) groups is 1. The first-order chi connectivity index (χ1) is 13.5. The summed E-state index contributed by atoms with van der Waals surface area (Å²) in [6.45, 7) is 1.82. The third-order valence-corrected chi connectivity index (χ3v) is 5.51. The van der Waals surface area contributed by atoms with Gasteiger partial charge in [0, 0.05) is 22.1 Å². The minimum atomic E-state index is -0.581. The number of anilines is 1. The molecule has 0 fully saturated rings. The van der Waals surface area contributed by atoms with E-state index in [0.29, 0.717) is 33.5 Å². The smallest absolute Gasteiger partial charge is 0.291 e. The van der Waals surface area contributed by atoms with Gasteiger partial charge in [0.1, 0.15) is 0 Å². The summed E-state index contributed by atoms with van der Waals surface area (Å²) < 4.78 is 1.64. The number of para-hydroxylation sites is 1. The van der Waals surface area contributed by atoms with E-state index in [-0.39, 0.29) is 11.5 Å². The Labute approximate surface area is 171 Å². The van der Waals surface area contributed by atoms with Gasteiger partial charge in [-0.15, -0.1) is 0 Å². The molecule has 0 bridgehead atoms. The highest BCUT2D eigenvalue weighted by atomic mass is 35.5. The molecule has 3 aromatic rings. The quantitative estimate of drug-likeness (QED) is 0.527. The summed E-state index contributed by atoms with van der Waals surface area (Å²) in [5.41, 5.74) is 2.37. The molecule has 142 valence electrons. The Bertz CT molecular complexity index is 1110. The van der Waals surface area contributed by atoms with Crippen molar-refractivity contribution >= 4 is 35.0 Å². The molecule has 1 aliphatic rings. The fraction of sp³-hybridized carbons (Fsp3) is 0.200. The van der Waals surface area contributed by atoms with Crippen molar-refractivity contribution in [2.45, 2.75) is 24.7 Å². The number of hydrogen-bond acceptors (Lipinski definition) is 4. The lowest BCUT2D eigenvalue weighted by Crippen LogP contribution is -2.60. The Kier molecular flexibility index (Phi) is 4.95. The van der Waals surface area contributed by atoms with Crippen LogP contribution in [0.15, 0.2) is 58.5 Å². The third kappa shape index (κ3) is 3.00. The summed E-state index contributed by atoms with van der Waals surface area (Å²) in [4.78, 5) is 30.5. The molecule has 2 heterocycles. The molecule has 0 spiro atoms. The second-order valence-electron chi connectivity index (χ2n) is 6.32. The van der Waals surface area contributed by atoms with E-state index in [2.05, 4.69) is 10.1 Å². The molecule has 1 atom stereocenters. The monoisotopic (exact) mass is 413 g/mol. The number of benzene rings is 2. The van der Waals surface area contributed by atoms with Crippen molar-refractivity contribution in [3.05, 3.63) is 69.5 Å². The zero-order valence-corrected chi connectivity index (χ0v) is 16.9. The molecule has 0 aliphatic carbocycles. The Hall–Kier alpha value is -2.64. The van der Waals surface area contributed by atoms with E-state index in [1.807, 2.05) is 49.6 Å². The maximum absolute atomic E-state index is 13.0. The van der Waals surface area contributed by atoms with E-state index >= 15 is 0 Å². The average molecular weight is 414 g/mol. The highest BCUT2D eigenvalue weighted by molar-refractivity contribution is 7.98. The van der Waals surface area contributed by atoms with E-state index in [0.717, 1.165) is 5.56 Å². The molecule has 4 rings (SSSR count). The predicted molar refractivity (Wildman–Crippen MR) is 110 cm³/mol. The summed E-state index contributed by atoms with van der Waals surface area (Å²) >= 11 is 7.41. The van der Waals surface area contributed by atoms with Gasteiger partial charge in [-0.25, -0.2) is 4.90 Å². The molecule has 0 saturated heterocycles. The van der Waals surface area contributed by atoms with Crippen LogP contribution in [0.5, 0.6) is 0 Å². The van der Waals surface area contributed by atoms with Crippen LogP contribution in [-0.2, 0) is 4.79 Å². The van der Waals surface area contributed by atoms with Crippen molar-refractivity contribution in [3.8, 4) is 11.3 Å². The maximum atomic E-state index is 13.0. The third-order valence-electron chi connectivity index (χ3n) is 4.69. The molecule has 1 N–H and O–H groups in total. The number of nitrogens with zero attached hydrogens (tertiary/aromatic N) is 3. The molecule has 1 aliphatic heterocycles. The SMILES string of the molecule is CCC(=O)N1c2ccccc2-c2c(=O)[nH]c(SC)n[n+]2[C@H]1c1ccc(Cl)cc1. The maximum Gasteiger partial charge on any atom is 0.325 e. The number of rotatable bonds is 3. The van der Waals surface area contributed by atoms with Gasteiger partial charge >= 0.3 is 11.3 Å². The summed E-state index contributed by atoms with van der Waals surface area (Å²) in [5, 5.41) is 5.72. The standard InChI is InChI=1S/C20H17ClN4O2S/c1-3-16(26)24-15-7-5-4-6-14(15)17-18(27)22-20(28-2)23-25(17)19(24)12-8-10-13(21)11-9-12/h4-11,19H,3H2,1-2H3/p+1/t19-/m0/s1. The molecule has 1 amide bonds. The molecule has 6 nitrogen and oxygen atoms in total. The van der Waals surface area contributed by atoms with Crippen LogP contribution >= 0.6 is 23.4 Å². The van der Waals surface area contributed by atoms with E-state index in [1.165, 1.54) is 11.8 Å². The number of amides is 1. The Morgan fingerprint density at radius 2 is 1.96 bits per heavy atom. The van der Waals surface area contributed by atoms with Gasteiger partial charge in [-0.1, -0.05) is 42.4 Å². The zero-order chi connectivity index (χ0) is 19.8. The van der Waals surface area contributed by atoms with Crippen molar-refractivity contribution in [2.24, 2.45) is 0 Å². The van der Waals surface area contributed by atoms with Crippen molar-refractivity contribution in [2.75, 3.05) is 11.2 Å². The predicted octanol–water partition coefficient (Wildman–Crippen LogP) is 3.40. The fourth-order valence-corrected chi connectivity index (χ4v) is 3.93. The summed E-state index contributed by atoms with van der Waals surface area (Å²) in [6.07, 6.45) is 1.59. The number of nitrogens with one attached hydrogen (secondary N) is 1. The van der Waals surface area contributed by atoms with Crippen molar-refractivity contribution in [1.29, 1.82) is 0 Å². The van der Waals surface area contributed by atoms with Gasteiger partial charge in [0.15, 0.2) is 0 Å². The van der Waals surface area contributed by atoms with Gasteiger partial charge in [0.25, 0.3) is 6.17 Å². The Morgan fingerprint density at radius 1 is 1.25 bits per heavy atom. The summed E-state index contributed by atoms with van der Waals surface area (Å²) in [7, 11) is 0. The van der Waals surface area contributed by atoms with Gasteiger partial charge in [0.2, 0.25) is 11.1 Å². The van der Waals surface area contributed by atoms with E-state index in [1.54, 1.807) is 21.7 Å². The first-order valence-corrected chi connectivity index (χ1v) is 10.4. The lowest BCUT2D eigenvalue weighted by molar-refractivity contribution is -0.763. The van der Waals surface area contributed by atoms with Gasteiger partial charge in [0.05, 0.1) is 11.3 Å². The van der Waals surface area contributed by atoms with Gasteiger partial charge < -0.3 is 0 Å². The molecule has 28 heavy (non-hydrogen) atoms. The van der Waals surface area contributed by atoms with Crippen LogP contribution in [0.3, 0.4) is 0 Å². The molecule has 0 unspecified atom stereocenters. The van der Waals surface area contributed by atoms with Gasteiger partial charge in [-0.2, -0.15) is 0 Å². The highest BCUT2D eigenvalue weighted by Gasteiger charge is 2.45. The molecule has 1 aromatic heterocycles. The Morgan fingerprint density at radius 3 is 2.64 bits per heavy atom. The van der Waals surface area contributed by atoms with Crippen LogP contribution in [0.1, 0.15) is 25.1 Å².